The second-order valence-corrected chi connectivity index (χ2v) is 5.35. The lowest BCUT2D eigenvalue weighted by molar-refractivity contribution is 0.851. The summed E-state index contributed by atoms with van der Waals surface area (Å²) in [5, 5.41) is 0. The third kappa shape index (κ3) is 3.29. The monoisotopic (exact) mass is 305 g/mol. The standard InChI is InChI=1S/C14H16BrN3/c1-10-8-11(2)17-14(16-10)18(3)9-12-4-6-13(15)7-5-12/h4-8H,9H2,1-3H3. The number of benzene rings is 1. The van der Waals surface area contributed by atoms with Gasteiger partial charge in [-0.25, -0.2) is 9.97 Å². The van der Waals surface area contributed by atoms with E-state index in [1.54, 1.807) is 0 Å². The fraction of sp³-hybridized carbons (Fsp3) is 0.286. The van der Waals surface area contributed by atoms with Crippen molar-refractivity contribution in [1.82, 2.24) is 9.97 Å². The Balaban J connectivity index is 2.16. The molecule has 94 valence electrons. The van der Waals surface area contributed by atoms with Gasteiger partial charge < -0.3 is 4.90 Å². The van der Waals surface area contributed by atoms with Crippen molar-refractivity contribution in [3.63, 3.8) is 0 Å². The summed E-state index contributed by atoms with van der Waals surface area (Å²) in [5.41, 5.74) is 3.24. The lowest BCUT2D eigenvalue weighted by atomic mass is 10.2. The lowest BCUT2D eigenvalue weighted by Crippen LogP contribution is -2.19. The van der Waals surface area contributed by atoms with E-state index in [4.69, 9.17) is 0 Å². The zero-order chi connectivity index (χ0) is 13.1. The fourth-order valence-corrected chi connectivity index (χ4v) is 2.08. The van der Waals surface area contributed by atoms with Crippen LogP contribution < -0.4 is 4.90 Å². The Morgan fingerprint density at radius 1 is 1.06 bits per heavy atom. The molecule has 0 bridgehead atoms. The summed E-state index contributed by atoms with van der Waals surface area (Å²) in [4.78, 5) is 11.0. The van der Waals surface area contributed by atoms with Crippen molar-refractivity contribution in [2.24, 2.45) is 0 Å². The number of hydrogen-bond acceptors (Lipinski definition) is 3. The van der Waals surface area contributed by atoms with Crippen LogP contribution in [0.1, 0.15) is 17.0 Å². The molecule has 0 radical (unpaired) electrons. The third-order valence-electron chi connectivity index (χ3n) is 2.64. The zero-order valence-electron chi connectivity index (χ0n) is 10.8. The summed E-state index contributed by atoms with van der Waals surface area (Å²) < 4.78 is 1.09. The molecule has 2 aromatic rings. The van der Waals surface area contributed by atoms with Crippen molar-refractivity contribution in [3.8, 4) is 0 Å². The van der Waals surface area contributed by atoms with Gasteiger partial charge in [0.15, 0.2) is 0 Å². The molecule has 3 nitrogen and oxygen atoms in total. The molecule has 0 atom stereocenters. The number of anilines is 1. The number of nitrogens with zero attached hydrogens (tertiary/aromatic N) is 3. The Bertz CT molecular complexity index is 517. The highest BCUT2D eigenvalue weighted by molar-refractivity contribution is 9.10. The van der Waals surface area contributed by atoms with E-state index in [9.17, 15) is 0 Å². The number of aryl methyl sites for hydroxylation is 2. The highest BCUT2D eigenvalue weighted by atomic mass is 79.9. The molecule has 1 aromatic carbocycles. The minimum atomic E-state index is 0.774. The van der Waals surface area contributed by atoms with E-state index in [0.29, 0.717) is 0 Å². The normalized spacial score (nSPS) is 10.4. The number of aromatic nitrogens is 2. The van der Waals surface area contributed by atoms with Crippen molar-refractivity contribution in [3.05, 3.63) is 51.8 Å². The predicted molar refractivity (Wildman–Crippen MR) is 77.8 cm³/mol. The van der Waals surface area contributed by atoms with Crippen LogP contribution in [0.25, 0.3) is 0 Å². The molecule has 0 fully saturated rings. The molecule has 0 saturated carbocycles. The molecule has 4 heteroatoms. The van der Waals surface area contributed by atoms with Crippen LogP contribution in [0.2, 0.25) is 0 Å². The molecule has 0 aliphatic heterocycles. The number of hydrogen-bond donors (Lipinski definition) is 0. The summed E-state index contributed by atoms with van der Waals surface area (Å²) in [7, 11) is 2.01. The van der Waals surface area contributed by atoms with Gasteiger partial charge in [-0.3, -0.25) is 0 Å². The summed E-state index contributed by atoms with van der Waals surface area (Å²) in [6.45, 7) is 4.79. The smallest absolute Gasteiger partial charge is 0.225 e. The van der Waals surface area contributed by atoms with Crippen molar-refractivity contribution in [1.29, 1.82) is 0 Å². The molecule has 0 aliphatic rings. The minimum Gasteiger partial charge on any atom is -0.340 e. The molecule has 1 heterocycles. The van der Waals surface area contributed by atoms with E-state index in [-0.39, 0.29) is 0 Å². The van der Waals surface area contributed by atoms with Crippen LogP contribution in [0.15, 0.2) is 34.8 Å². The molecule has 0 aliphatic carbocycles. The maximum atomic E-state index is 4.45. The maximum Gasteiger partial charge on any atom is 0.225 e. The van der Waals surface area contributed by atoms with Gasteiger partial charge in [0.25, 0.3) is 0 Å². The average Bonchev–Trinajstić information content (AvgIpc) is 2.31. The largest absolute Gasteiger partial charge is 0.340 e. The molecule has 0 unspecified atom stereocenters. The third-order valence-corrected chi connectivity index (χ3v) is 3.17. The first-order chi connectivity index (χ1) is 8.54. The van der Waals surface area contributed by atoms with Gasteiger partial charge in [-0.15, -0.1) is 0 Å². The van der Waals surface area contributed by atoms with Gasteiger partial charge in [0, 0.05) is 29.5 Å². The predicted octanol–water partition coefficient (Wildman–Crippen LogP) is 3.49. The van der Waals surface area contributed by atoms with Crippen LogP contribution >= 0.6 is 15.9 Å². The molecule has 0 spiro atoms. The Hall–Kier alpha value is -1.42. The quantitative estimate of drug-likeness (QED) is 0.869. The van der Waals surface area contributed by atoms with E-state index >= 15 is 0 Å². The summed E-state index contributed by atoms with van der Waals surface area (Å²) in [6, 6.07) is 10.3. The van der Waals surface area contributed by atoms with Crippen LogP contribution in [0, 0.1) is 13.8 Å². The highest BCUT2D eigenvalue weighted by Crippen LogP contribution is 2.14. The van der Waals surface area contributed by atoms with Gasteiger partial charge in [0.1, 0.15) is 0 Å². The van der Waals surface area contributed by atoms with E-state index in [1.807, 2.05) is 39.1 Å². The molecule has 2 rings (SSSR count). The van der Waals surface area contributed by atoms with E-state index in [1.165, 1.54) is 5.56 Å². The van der Waals surface area contributed by atoms with Gasteiger partial charge in [-0.05, 0) is 37.6 Å². The zero-order valence-corrected chi connectivity index (χ0v) is 12.4. The molecular weight excluding hydrogens is 290 g/mol. The molecule has 18 heavy (non-hydrogen) atoms. The summed E-state index contributed by atoms with van der Waals surface area (Å²) in [5.74, 6) is 0.774. The first-order valence-electron chi connectivity index (χ1n) is 5.82. The highest BCUT2D eigenvalue weighted by Gasteiger charge is 2.06. The van der Waals surface area contributed by atoms with E-state index < -0.39 is 0 Å². The first kappa shape index (κ1) is 13.0. The van der Waals surface area contributed by atoms with Crippen LogP contribution in [-0.2, 0) is 6.54 Å². The van der Waals surface area contributed by atoms with Crippen LogP contribution in [0.4, 0.5) is 5.95 Å². The lowest BCUT2D eigenvalue weighted by Gasteiger charge is -2.18. The Morgan fingerprint density at radius 3 is 2.17 bits per heavy atom. The fourth-order valence-electron chi connectivity index (χ4n) is 1.81. The first-order valence-corrected chi connectivity index (χ1v) is 6.62. The van der Waals surface area contributed by atoms with Crippen LogP contribution in [-0.4, -0.2) is 17.0 Å². The molecular formula is C14H16BrN3. The van der Waals surface area contributed by atoms with Crippen LogP contribution in [0.5, 0.6) is 0 Å². The molecule has 0 N–H and O–H groups in total. The van der Waals surface area contributed by atoms with Crippen LogP contribution in [0.3, 0.4) is 0 Å². The Morgan fingerprint density at radius 2 is 1.61 bits per heavy atom. The van der Waals surface area contributed by atoms with Gasteiger partial charge in [-0.1, -0.05) is 28.1 Å². The molecule has 0 amide bonds. The summed E-state index contributed by atoms with van der Waals surface area (Å²) >= 11 is 3.44. The molecule has 1 aromatic heterocycles. The average molecular weight is 306 g/mol. The van der Waals surface area contributed by atoms with Crippen molar-refractivity contribution in [2.75, 3.05) is 11.9 Å². The Kier molecular flexibility index (Phi) is 3.97. The van der Waals surface area contributed by atoms with Gasteiger partial charge >= 0.3 is 0 Å². The van der Waals surface area contributed by atoms with Crippen molar-refractivity contribution in [2.45, 2.75) is 20.4 Å². The van der Waals surface area contributed by atoms with Gasteiger partial charge in [0.2, 0.25) is 5.95 Å². The second kappa shape index (κ2) is 5.48. The maximum absolute atomic E-state index is 4.45. The summed E-state index contributed by atoms with van der Waals surface area (Å²) in [6.07, 6.45) is 0. The van der Waals surface area contributed by atoms with Crippen molar-refractivity contribution >= 4 is 21.9 Å². The van der Waals surface area contributed by atoms with Gasteiger partial charge in [-0.2, -0.15) is 0 Å². The van der Waals surface area contributed by atoms with Crippen molar-refractivity contribution < 1.29 is 0 Å². The topological polar surface area (TPSA) is 29.0 Å². The number of halogens is 1. The minimum absolute atomic E-state index is 0.774. The van der Waals surface area contributed by atoms with E-state index in [2.05, 4.69) is 42.9 Å². The second-order valence-electron chi connectivity index (χ2n) is 4.43. The Labute approximate surface area is 116 Å². The van der Waals surface area contributed by atoms with E-state index in [0.717, 1.165) is 28.4 Å². The molecule has 0 saturated heterocycles. The number of rotatable bonds is 3. The SMILES string of the molecule is Cc1cc(C)nc(N(C)Cc2ccc(Br)cc2)n1. The van der Waals surface area contributed by atoms with Gasteiger partial charge in [0.05, 0.1) is 0 Å².